The van der Waals surface area contributed by atoms with E-state index in [-0.39, 0.29) is 6.61 Å². The highest BCUT2D eigenvalue weighted by Crippen LogP contribution is 2.22. The van der Waals surface area contributed by atoms with Gasteiger partial charge in [-0.1, -0.05) is 84.0 Å². The minimum absolute atomic E-state index is 0.0984. The van der Waals surface area contributed by atoms with Crippen LogP contribution in [-0.2, 0) is 9.47 Å². The SMILES string of the molecule is CCCCCCCCCCCCCC[CH]C(O)C(N)CO[C@H]1O[C@H](CO)[C@H](O)[C@H](O)[C@H]1O. The Morgan fingerprint density at radius 2 is 1.38 bits per heavy atom. The molecule has 1 radical (unpaired) electrons. The Bertz CT molecular complexity index is 441. The van der Waals surface area contributed by atoms with Gasteiger partial charge in [0.25, 0.3) is 0 Å². The fourth-order valence-corrected chi connectivity index (χ4v) is 3.96. The maximum atomic E-state index is 10.2. The molecule has 0 bridgehead atoms. The highest BCUT2D eigenvalue weighted by molar-refractivity contribution is 4.90. The molecule has 8 heteroatoms. The Morgan fingerprint density at radius 1 is 0.844 bits per heavy atom. The van der Waals surface area contributed by atoms with Gasteiger partial charge in [0, 0.05) is 0 Å². The summed E-state index contributed by atoms with van der Waals surface area (Å²) in [7, 11) is 0. The molecule has 0 aromatic rings. The molecule has 1 aliphatic rings. The van der Waals surface area contributed by atoms with Crippen molar-refractivity contribution < 1.29 is 35.0 Å². The Balaban J connectivity index is 2.03. The summed E-state index contributed by atoms with van der Waals surface area (Å²) in [5, 5.41) is 48.9. The summed E-state index contributed by atoms with van der Waals surface area (Å²) in [5.74, 6) is 0. The first kappa shape index (κ1) is 29.7. The van der Waals surface area contributed by atoms with Crippen molar-refractivity contribution >= 4 is 0 Å². The molecule has 0 spiro atoms. The second-order valence-corrected chi connectivity index (χ2v) is 9.10. The van der Waals surface area contributed by atoms with E-state index in [9.17, 15) is 25.5 Å². The van der Waals surface area contributed by atoms with Crippen molar-refractivity contribution in [3.05, 3.63) is 6.42 Å². The zero-order valence-corrected chi connectivity index (χ0v) is 19.9. The lowest BCUT2D eigenvalue weighted by Crippen LogP contribution is -2.59. The Hall–Kier alpha value is -0.320. The van der Waals surface area contributed by atoms with E-state index in [4.69, 9.17) is 15.2 Å². The molecule has 2 unspecified atom stereocenters. The first-order chi connectivity index (χ1) is 15.4. The molecule has 0 aromatic heterocycles. The number of hydrogen-bond donors (Lipinski definition) is 6. The van der Waals surface area contributed by atoms with Crippen LogP contribution < -0.4 is 5.73 Å². The largest absolute Gasteiger partial charge is 0.394 e. The van der Waals surface area contributed by atoms with Gasteiger partial charge in [-0.15, -0.1) is 0 Å². The van der Waals surface area contributed by atoms with Gasteiger partial charge in [-0.3, -0.25) is 0 Å². The van der Waals surface area contributed by atoms with Crippen molar-refractivity contribution in [3.63, 3.8) is 0 Å². The zero-order valence-electron chi connectivity index (χ0n) is 19.9. The summed E-state index contributed by atoms with van der Waals surface area (Å²) < 4.78 is 10.7. The molecule has 32 heavy (non-hydrogen) atoms. The summed E-state index contributed by atoms with van der Waals surface area (Å²) in [6.07, 6.45) is 10.4. The second-order valence-electron chi connectivity index (χ2n) is 9.10. The summed E-state index contributed by atoms with van der Waals surface area (Å²) in [6.45, 7) is 1.63. The fraction of sp³-hybridized carbons (Fsp3) is 0.958. The van der Waals surface area contributed by atoms with Crippen molar-refractivity contribution in [1.29, 1.82) is 0 Å². The fourth-order valence-electron chi connectivity index (χ4n) is 3.96. The number of unbranched alkanes of at least 4 members (excludes halogenated alkanes) is 12. The molecule has 0 aliphatic carbocycles. The van der Waals surface area contributed by atoms with Gasteiger partial charge in [0.05, 0.1) is 25.4 Å². The van der Waals surface area contributed by atoms with Crippen LogP contribution in [0.3, 0.4) is 0 Å². The van der Waals surface area contributed by atoms with Crippen LogP contribution in [0.1, 0.15) is 90.4 Å². The van der Waals surface area contributed by atoms with Crippen molar-refractivity contribution in [2.75, 3.05) is 13.2 Å². The third-order valence-electron chi connectivity index (χ3n) is 6.21. The van der Waals surface area contributed by atoms with Gasteiger partial charge in [-0.05, 0) is 12.8 Å². The normalized spacial score (nSPS) is 28.0. The van der Waals surface area contributed by atoms with Crippen LogP contribution >= 0.6 is 0 Å². The van der Waals surface area contributed by atoms with Gasteiger partial charge in [-0.2, -0.15) is 0 Å². The highest BCUT2D eigenvalue weighted by Gasteiger charge is 2.44. The van der Waals surface area contributed by atoms with E-state index in [1.54, 1.807) is 6.42 Å². The highest BCUT2D eigenvalue weighted by atomic mass is 16.7. The van der Waals surface area contributed by atoms with E-state index in [2.05, 4.69) is 6.92 Å². The lowest BCUT2D eigenvalue weighted by molar-refractivity contribution is -0.302. The van der Waals surface area contributed by atoms with Gasteiger partial charge in [0.15, 0.2) is 6.29 Å². The van der Waals surface area contributed by atoms with E-state index in [1.807, 2.05) is 0 Å². The first-order valence-electron chi connectivity index (χ1n) is 12.6. The van der Waals surface area contributed by atoms with Gasteiger partial charge in [-0.25, -0.2) is 0 Å². The summed E-state index contributed by atoms with van der Waals surface area (Å²) >= 11 is 0. The summed E-state index contributed by atoms with van der Waals surface area (Å²) in [5.41, 5.74) is 5.95. The first-order valence-corrected chi connectivity index (χ1v) is 12.6. The predicted octanol–water partition coefficient (Wildman–Crippen LogP) is 1.79. The molecule has 7 atom stereocenters. The average Bonchev–Trinajstić information content (AvgIpc) is 2.79. The lowest BCUT2D eigenvalue weighted by atomic mass is 9.99. The van der Waals surface area contributed by atoms with E-state index in [1.165, 1.54) is 64.2 Å². The monoisotopic (exact) mass is 462 g/mol. The quantitative estimate of drug-likeness (QED) is 0.159. The molecule has 1 rings (SSSR count). The molecular weight excluding hydrogens is 414 g/mol. The van der Waals surface area contributed by atoms with Crippen LogP contribution in [0.25, 0.3) is 0 Å². The Kier molecular flexibility index (Phi) is 16.8. The summed E-state index contributed by atoms with van der Waals surface area (Å²) in [4.78, 5) is 0. The predicted molar refractivity (Wildman–Crippen MR) is 124 cm³/mol. The van der Waals surface area contributed by atoms with Crippen molar-refractivity contribution in [2.45, 2.75) is 133 Å². The molecule has 1 aliphatic heterocycles. The third-order valence-corrected chi connectivity index (χ3v) is 6.21. The van der Waals surface area contributed by atoms with Crippen molar-refractivity contribution in [1.82, 2.24) is 0 Å². The van der Waals surface area contributed by atoms with Crippen LogP contribution in [0.4, 0.5) is 0 Å². The number of rotatable bonds is 19. The standard InChI is InChI=1S/C24H48NO7/c1-2-3-4-5-6-7-8-9-10-11-12-13-14-15-19(27)18(25)17-31-24-23(30)22(29)21(28)20(16-26)32-24/h15,18-24,26-30H,2-14,16-17,25H2,1H3/t18?,19?,20-,21+,22+,23-,24+/m1/s1. The molecular formula is C24H48NO7. The third kappa shape index (κ3) is 11.7. The van der Waals surface area contributed by atoms with E-state index in [0.717, 1.165) is 19.3 Å². The molecule has 8 nitrogen and oxygen atoms in total. The molecule has 0 amide bonds. The average molecular weight is 463 g/mol. The lowest BCUT2D eigenvalue weighted by Gasteiger charge is -2.40. The molecule has 191 valence electrons. The minimum Gasteiger partial charge on any atom is -0.394 e. The van der Waals surface area contributed by atoms with Gasteiger partial charge >= 0.3 is 0 Å². The van der Waals surface area contributed by atoms with Crippen molar-refractivity contribution in [2.24, 2.45) is 5.73 Å². The second kappa shape index (κ2) is 18.1. The molecule has 1 fully saturated rings. The maximum absolute atomic E-state index is 10.2. The molecule has 1 saturated heterocycles. The molecule has 0 saturated carbocycles. The summed E-state index contributed by atoms with van der Waals surface area (Å²) in [6, 6.07) is -0.709. The maximum Gasteiger partial charge on any atom is 0.186 e. The van der Waals surface area contributed by atoms with Crippen LogP contribution in [0.5, 0.6) is 0 Å². The number of ether oxygens (including phenoxy) is 2. The van der Waals surface area contributed by atoms with E-state index >= 15 is 0 Å². The van der Waals surface area contributed by atoms with E-state index in [0.29, 0.717) is 0 Å². The van der Waals surface area contributed by atoms with Gasteiger partial charge < -0.3 is 40.7 Å². The zero-order chi connectivity index (χ0) is 23.8. The molecule has 1 heterocycles. The van der Waals surface area contributed by atoms with Gasteiger partial charge in [0.2, 0.25) is 0 Å². The van der Waals surface area contributed by atoms with Crippen LogP contribution in [0.15, 0.2) is 0 Å². The Morgan fingerprint density at radius 3 is 1.91 bits per heavy atom. The van der Waals surface area contributed by atoms with Crippen molar-refractivity contribution in [3.8, 4) is 0 Å². The van der Waals surface area contributed by atoms with E-state index < -0.39 is 49.5 Å². The van der Waals surface area contributed by atoms with Crippen LogP contribution in [0.2, 0.25) is 0 Å². The van der Waals surface area contributed by atoms with Crippen LogP contribution in [-0.4, -0.2) is 81.6 Å². The Labute approximate surface area is 194 Å². The molecule has 7 N–H and O–H groups in total. The number of aliphatic hydroxyl groups excluding tert-OH is 5. The number of nitrogens with two attached hydrogens (primary N) is 1. The topological polar surface area (TPSA) is 146 Å². The number of hydrogen-bond acceptors (Lipinski definition) is 8. The minimum atomic E-state index is -1.50. The number of aliphatic hydroxyl groups is 5. The molecule has 0 aromatic carbocycles. The smallest absolute Gasteiger partial charge is 0.186 e. The van der Waals surface area contributed by atoms with Gasteiger partial charge in [0.1, 0.15) is 24.4 Å². The van der Waals surface area contributed by atoms with Crippen LogP contribution in [0, 0.1) is 6.42 Å².